The van der Waals surface area contributed by atoms with Crippen molar-refractivity contribution in [3.05, 3.63) is 28.7 Å². The molecule has 2 amide bonds. The number of fused-ring (bicyclic) bond motifs is 1. The van der Waals surface area contributed by atoms with Gasteiger partial charge in [-0.25, -0.2) is 4.79 Å². The van der Waals surface area contributed by atoms with Crippen LogP contribution in [0, 0.1) is 5.92 Å². The summed E-state index contributed by atoms with van der Waals surface area (Å²) in [6.45, 7) is 3.27. The first-order chi connectivity index (χ1) is 15.8. The third kappa shape index (κ3) is 5.11. The van der Waals surface area contributed by atoms with Crippen LogP contribution < -0.4 is 15.7 Å². The number of carbonyl (C=O) groups excluding carboxylic acids is 2. The van der Waals surface area contributed by atoms with E-state index < -0.39 is 17.9 Å². The maximum atomic E-state index is 12.9. The highest BCUT2D eigenvalue weighted by Crippen LogP contribution is 2.27. The summed E-state index contributed by atoms with van der Waals surface area (Å²) in [5.41, 5.74) is 1.02. The van der Waals surface area contributed by atoms with Gasteiger partial charge in [0.05, 0.1) is 17.6 Å². The maximum Gasteiger partial charge on any atom is 0.329 e. The summed E-state index contributed by atoms with van der Waals surface area (Å²) < 4.78 is 9.00. The molecule has 33 heavy (non-hydrogen) atoms. The number of nitrogens with one attached hydrogen (secondary N) is 1. The minimum Gasteiger partial charge on any atom is -0.493 e. The quantitative estimate of drug-likeness (QED) is 0.571. The molecule has 2 aliphatic heterocycles. The normalized spacial score (nSPS) is 20.2. The van der Waals surface area contributed by atoms with Crippen LogP contribution in [0.15, 0.2) is 23.0 Å². The van der Waals surface area contributed by atoms with Crippen molar-refractivity contribution in [3.8, 4) is 5.75 Å². The molecule has 10 nitrogen and oxygen atoms in total. The number of nitrogens with zero attached hydrogens (tertiary/aromatic N) is 3. The fraction of sp³-hybridized carbons (Fsp3) is 0.565. The Balaban J connectivity index is 1.38. The van der Waals surface area contributed by atoms with Crippen LogP contribution in [0.1, 0.15) is 44.6 Å². The Morgan fingerprint density at radius 3 is 2.61 bits per heavy atom. The molecule has 2 aromatic rings. The lowest BCUT2D eigenvalue weighted by Gasteiger charge is -2.31. The van der Waals surface area contributed by atoms with E-state index in [0.29, 0.717) is 42.1 Å². The van der Waals surface area contributed by atoms with Crippen molar-refractivity contribution < 1.29 is 24.2 Å². The minimum absolute atomic E-state index is 0.207. The minimum atomic E-state index is -0.750. The van der Waals surface area contributed by atoms with E-state index in [1.165, 1.54) is 9.13 Å². The Kier molecular flexibility index (Phi) is 6.83. The number of imide groups is 1. The largest absolute Gasteiger partial charge is 0.493 e. The number of carbonyl (C=O) groups is 3. The van der Waals surface area contributed by atoms with Gasteiger partial charge in [0.15, 0.2) is 0 Å². The molecule has 2 saturated heterocycles. The van der Waals surface area contributed by atoms with E-state index in [1.54, 1.807) is 13.1 Å². The molecule has 4 rings (SSSR count). The predicted octanol–water partition coefficient (Wildman–Crippen LogP) is 1.27. The van der Waals surface area contributed by atoms with Crippen LogP contribution in [0.4, 0.5) is 0 Å². The molecule has 0 radical (unpaired) electrons. The molecule has 0 spiro atoms. The number of carboxylic acid groups (broad SMARTS) is 1. The number of rotatable bonds is 8. The summed E-state index contributed by atoms with van der Waals surface area (Å²) in [7, 11) is 1.66. The van der Waals surface area contributed by atoms with Crippen molar-refractivity contribution in [1.29, 1.82) is 0 Å². The molecule has 178 valence electrons. The van der Waals surface area contributed by atoms with Gasteiger partial charge in [0.25, 0.3) is 0 Å². The van der Waals surface area contributed by atoms with Gasteiger partial charge in [-0.3, -0.25) is 28.8 Å². The average Bonchev–Trinajstić information content (AvgIpc) is 3.03. The van der Waals surface area contributed by atoms with Crippen LogP contribution in [0.25, 0.3) is 11.0 Å². The molecule has 1 unspecified atom stereocenters. The number of benzene rings is 1. The van der Waals surface area contributed by atoms with Crippen LogP contribution in [-0.2, 0) is 21.4 Å². The predicted molar refractivity (Wildman–Crippen MR) is 120 cm³/mol. The van der Waals surface area contributed by atoms with Crippen molar-refractivity contribution in [1.82, 2.24) is 19.4 Å². The second-order valence-electron chi connectivity index (χ2n) is 8.92. The fourth-order valence-electron chi connectivity index (χ4n) is 4.71. The highest BCUT2D eigenvalue weighted by Gasteiger charge is 2.31. The van der Waals surface area contributed by atoms with Crippen LogP contribution >= 0.6 is 0 Å². The number of hydrogen-bond acceptors (Lipinski definition) is 6. The molecule has 2 fully saturated rings. The second kappa shape index (κ2) is 9.78. The second-order valence-corrected chi connectivity index (χ2v) is 8.92. The number of aliphatic carboxylic acids is 1. The van der Waals surface area contributed by atoms with Gasteiger partial charge >= 0.3 is 11.7 Å². The standard InChI is InChI=1S/C23H30N4O6/c1-25-19-13-16(33-14-15-8-11-26(12-9-15)10-2-3-21(29)30)4-5-17(19)27(23(25)32)18-6-7-20(28)24-22(18)31/h4-5,13,15,18H,2-3,6-12,14H2,1H3,(H,29,30)(H,24,28,31). The highest BCUT2D eigenvalue weighted by molar-refractivity contribution is 6.00. The maximum absolute atomic E-state index is 12.9. The van der Waals surface area contributed by atoms with E-state index in [4.69, 9.17) is 9.84 Å². The number of likely N-dealkylation sites (tertiary alicyclic amines) is 1. The van der Waals surface area contributed by atoms with Crippen LogP contribution in [0.5, 0.6) is 5.75 Å². The van der Waals surface area contributed by atoms with Gasteiger partial charge in [0.2, 0.25) is 11.8 Å². The van der Waals surface area contributed by atoms with Crippen molar-refractivity contribution in [2.75, 3.05) is 26.2 Å². The summed E-state index contributed by atoms with van der Waals surface area (Å²) in [4.78, 5) is 49.6. The first-order valence-corrected chi connectivity index (χ1v) is 11.4. The van der Waals surface area contributed by atoms with E-state index in [9.17, 15) is 19.2 Å². The summed E-state index contributed by atoms with van der Waals surface area (Å²) in [5.74, 6) is -0.419. The van der Waals surface area contributed by atoms with Gasteiger partial charge in [-0.15, -0.1) is 0 Å². The van der Waals surface area contributed by atoms with Crippen LogP contribution in [0.2, 0.25) is 0 Å². The van der Waals surface area contributed by atoms with Gasteiger partial charge in [-0.05, 0) is 63.4 Å². The summed E-state index contributed by atoms with van der Waals surface area (Å²) in [6.07, 6.45) is 3.39. The van der Waals surface area contributed by atoms with Crippen molar-refractivity contribution in [2.45, 2.75) is 44.6 Å². The van der Waals surface area contributed by atoms with Gasteiger partial charge in [0, 0.05) is 26.0 Å². The van der Waals surface area contributed by atoms with Gasteiger partial charge in [0.1, 0.15) is 11.8 Å². The molecule has 1 aromatic heterocycles. The number of amides is 2. The van der Waals surface area contributed by atoms with Crippen LogP contribution in [0.3, 0.4) is 0 Å². The number of imidazole rings is 1. The highest BCUT2D eigenvalue weighted by atomic mass is 16.5. The first-order valence-electron chi connectivity index (χ1n) is 11.4. The third-order valence-electron chi connectivity index (χ3n) is 6.64. The number of carboxylic acids is 1. The lowest BCUT2D eigenvalue weighted by atomic mass is 9.97. The number of hydrogen-bond donors (Lipinski definition) is 2. The lowest BCUT2D eigenvalue weighted by Crippen LogP contribution is -2.44. The third-order valence-corrected chi connectivity index (χ3v) is 6.64. The molecular formula is C23H30N4O6. The van der Waals surface area contributed by atoms with Crippen molar-refractivity contribution >= 4 is 28.8 Å². The Morgan fingerprint density at radius 2 is 1.91 bits per heavy atom. The number of ether oxygens (including phenoxy) is 1. The lowest BCUT2D eigenvalue weighted by molar-refractivity contribution is -0.137. The molecule has 2 aliphatic rings. The van der Waals surface area contributed by atoms with E-state index >= 15 is 0 Å². The Labute approximate surface area is 191 Å². The molecule has 1 aromatic carbocycles. The zero-order chi connectivity index (χ0) is 23.5. The van der Waals surface area contributed by atoms with Gasteiger partial charge in [-0.1, -0.05) is 0 Å². The average molecular weight is 459 g/mol. The Hall–Kier alpha value is -3.14. The molecule has 0 bridgehead atoms. The topological polar surface area (TPSA) is 123 Å². The molecular weight excluding hydrogens is 428 g/mol. The van der Waals surface area contributed by atoms with Crippen LogP contribution in [-0.4, -0.2) is 63.2 Å². The number of aromatic nitrogens is 2. The SMILES string of the molecule is Cn1c(=O)n(C2CCC(=O)NC2=O)c2ccc(OCC3CCN(CCCC(=O)O)CC3)cc21. The zero-order valence-electron chi connectivity index (χ0n) is 18.8. The van der Waals surface area contributed by atoms with Crippen molar-refractivity contribution in [2.24, 2.45) is 13.0 Å². The van der Waals surface area contributed by atoms with E-state index in [2.05, 4.69) is 10.2 Å². The summed E-state index contributed by atoms with van der Waals surface area (Å²) in [5, 5.41) is 11.1. The molecule has 1 atom stereocenters. The summed E-state index contributed by atoms with van der Waals surface area (Å²) in [6, 6.07) is 4.72. The Bertz CT molecular complexity index is 1110. The molecule has 10 heteroatoms. The summed E-state index contributed by atoms with van der Waals surface area (Å²) >= 11 is 0. The van der Waals surface area contributed by atoms with Crippen molar-refractivity contribution in [3.63, 3.8) is 0 Å². The van der Waals surface area contributed by atoms with E-state index in [-0.39, 0.29) is 24.4 Å². The van der Waals surface area contributed by atoms with E-state index in [0.717, 1.165) is 32.5 Å². The van der Waals surface area contributed by atoms with Gasteiger partial charge in [-0.2, -0.15) is 0 Å². The molecule has 2 N–H and O–H groups in total. The molecule has 3 heterocycles. The number of piperidine rings is 2. The Morgan fingerprint density at radius 1 is 1.15 bits per heavy atom. The molecule has 0 saturated carbocycles. The fourth-order valence-corrected chi connectivity index (χ4v) is 4.71. The number of aryl methyl sites for hydroxylation is 1. The van der Waals surface area contributed by atoms with E-state index in [1.807, 2.05) is 12.1 Å². The first kappa shape index (κ1) is 23.0. The zero-order valence-corrected chi connectivity index (χ0v) is 18.8. The molecule has 0 aliphatic carbocycles. The monoisotopic (exact) mass is 458 g/mol. The van der Waals surface area contributed by atoms with Gasteiger partial charge < -0.3 is 14.7 Å². The smallest absolute Gasteiger partial charge is 0.329 e.